The maximum absolute atomic E-state index is 12.9. The van der Waals surface area contributed by atoms with Crippen LogP contribution in [-0.2, 0) is 0 Å². The lowest BCUT2D eigenvalue weighted by Gasteiger charge is -2.33. The van der Waals surface area contributed by atoms with Crippen LogP contribution in [0.5, 0.6) is 0 Å². The van der Waals surface area contributed by atoms with Crippen molar-refractivity contribution < 1.29 is 9.59 Å². The third kappa shape index (κ3) is 3.62. The Balaban J connectivity index is 1.75. The maximum atomic E-state index is 12.9. The summed E-state index contributed by atoms with van der Waals surface area (Å²) >= 11 is 0. The number of carbonyl (C=O) groups excluding carboxylic acids is 2. The van der Waals surface area contributed by atoms with Gasteiger partial charge in [-0.25, -0.2) is 0 Å². The lowest BCUT2D eigenvalue weighted by atomic mass is 9.89. The molecule has 2 atom stereocenters. The second-order valence-corrected chi connectivity index (χ2v) is 8.82. The molecule has 2 aromatic carbocycles. The number of benzene rings is 2. The van der Waals surface area contributed by atoms with E-state index in [0.29, 0.717) is 11.1 Å². The van der Waals surface area contributed by atoms with Crippen LogP contribution in [0.2, 0.25) is 0 Å². The van der Waals surface area contributed by atoms with Crippen LogP contribution >= 0.6 is 21.6 Å². The second kappa shape index (κ2) is 7.76. The van der Waals surface area contributed by atoms with Gasteiger partial charge < -0.3 is 10.6 Å². The average Bonchev–Trinajstić information content (AvgIpc) is 2.67. The average molecular weight is 385 g/mol. The summed E-state index contributed by atoms with van der Waals surface area (Å²) in [5, 5.41) is 6.32. The topological polar surface area (TPSA) is 58.2 Å². The molecule has 0 radical (unpaired) electrons. The van der Waals surface area contributed by atoms with Gasteiger partial charge in [-0.05, 0) is 37.1 Å². The molecule has 2 N–H and O–H groups in total. The van der Waals surface area contributed by atoms with Crippen molar-refractivity contribution in [1.29, 1.82) is 0 Å². The Morgan fingerprint density at radius 3 is 1.58 bits per heavy atom. The van der Waals surface area contributed by atoms with E-state index in [9.17, 15) is 9.59 Å². The Labute approximate surface area is 160 Å². The highest BCUT2D eigenvalue weighted by Gasteiger charge is 2.30. The van der Waals surface area contributed by atoms with Crippen LogP contribution in [0, 0.1) is 0 Å². The first-order valence-electron chi connectivity index (χ1n) is 8.87. The zero-order valence-corrected chi connectivity index (χ0v) is 15.9. The highest BCUT2D eigenvalue weighted by atomic mass is 33.1. The first kappa shape index (κ1) is 17.5. The first-order valence-corrected chi connectivity index (χ1v) is 11.0. The van der Waals surface area contributed by atoms with Gasteiger partial charge in [-0.15, -0.1) is 0 Å². The summed E-state index contributed by atoms with van der Waals surface area (Å²) < 4.78 is 0. The fraction of sp³-hybridized carbons (Fsp3) is 0.300. The third-order valence-corrected chi connectivity index (χ3v) is 7.37. The summed E-state index contributed by atoms with van der Waals surface area (Å²) in [5.41, 5.74) is 1.39. The molecule has 0 bridgehead atoms. The van der Waals surface area contributed by atoms with E-state index < -0.39 is 0 Å². The van der Waals surface area contributed by atoms with Gasteiger partial charge in [0.15, 0.2) is 0 Å². The number of hydrogen-bond acceptors (Lipinski definition) is 4. The Morgan fingerprint density at radius 2 is 1.12 bits per heavy atom. The van der Waals surface area contributed by atoms with E-state index >= 15 is 0 Å². The molecule has 4 nitrogen and oxygen atoms in total. The number of hydrogen-bond donors (Lipinski definition) is 2. The molecule has 2 amide bonds. The molecule has 2 aromatic rings. The summed E-state index contributed by atoms with van der Waals surface area (Å²) in [6.07, 6.45) is 3.92. The smallest absolute Gasteiger partial charge is 0.252 e. The largest absolute Gasteiger partial charge is 0.347 e. The molecule has 1 heterocycles. The second-order valence-electron chi connectivity index (χ2n) is 6.60. The summed E-state index contributed by atoms with van der Waals surface area (Å²) in [5.74, 6) is -0.123. The van der Waals surface area contributed by atoms with Gasteiger partial charge in [0.05, 0.1) is 11.1 Å². The van der Waals surface area contributed by atoms with Crippen molar-refractivity contribution in [2.75, 3.05) is 0 Å². The molecule has 134 valence electrons. The molecule has 2 aliphatic rings. The van der Waals surface area contributed by atoms with E-state index in [1.54, 1.807) is 0 Å². The van der Waals surface area contributed by atoms with Crippen LogP contribution in [0.3, 0.4) is 0 Å². The van der Waals surface area contributed by atoms with Crippen molar-refractivity contribution in [3.05, 3.63) is 59.7 Å². The van der Waals surface area contributed by atoms with Gasteiger partial charge in [-0.2, -0.15) is 0 Å². The first-order chi connectivity index (χ1) is 12.7. The predicted molar refractivity (Wildman–Crippen MR) is 106 cm³/mol. The van der Waals surface area contributed by atoms with E-state index in [2.05, 4.69) is 10.6 Å². The Kier molecular flexibility index (Phi) is 5.22. The SMILES string of the molecule is O=C1NC2CCCCC2NC(=O)c2ccccc2SSc2ccccc21. The van der Waals surface area contributed by atoms with Gasteiger partial charge in [-0.3, -0.25) is 9.59 Å². The Morgan fingerprint density at radius 1 is 0.692 bits per heavy atom. The molecule has 2 unspecified atom stereocenters. The Bertz CT molecular complexity index is 771. The Hall–Kier alpha value is -1.92. The number of carbonyl (C=O) groups is 2. The van der Waals surface area contributed by atoms with Crippen LogP contribution in [0.15, 0.2) is 58.3 Å². The molecule has 0 spiro atoms. The summed E-state index contributed by atoms with van der Waals surface area (Å²) in [7, 11) is 3.03. The maximum Gasteiger partial charge on any atom is 0.252 e. The molecule has 1 aliphatic carbocycles. The molecule has 4 rings (SSSR count). The lowest BCUT2D eigenvalue weighted by molar-refractivity contribution is 0.0859. The van der Waals surface area contributed by atoms with Crippen molar-refractivity contribution in [1.82, 2.24) is 10.6 Å². The molecule has 26 heavy (non-hydrogen) atoms. The van der Waals surface area contributed by atoms with Crippen molar-refractivity contribution in [2.45, 2.75) is 47.6 Å². The standard InChI is InChI=1S/C20H20N2O2S2/c23-19-13-7-1-5-11-17(13)25-26-18-12-6-2-8-14(18)20(24)22-16-10-4-3-9-15(16)21-19/h1-2,5-8,11-12,15-16H,3-4,9-10H2,(H,21,23)(H,22,24). The number of rotatable bonds is 0. The fourth-order valence-corrected chi connectivity index (χ4v) is 5.87. The van der Waals surface area contributed by atoms with Crippen LogP contribution < -0.4 is 10.6 Å². The molecule has 0 aromatic heterocycles. The fourth-order valence-electron chi connectivity index (χ4n) is 3.51. The predicted octanol–water partition coefficient (Wildman–Crippen LogP) is 4.27. The minimum atomic E-state index is -0.0614. The van der Waals surface area contributed by atoms with Crippen LogP contribution in [0.25, 0.3) is 0 Å². The van der Waals surface area contributed by atoms with Crippen molar-refractivity contribution in [3.63, 3.8) is 0 Å². The highest BCUT2D eigenvalue weighted by Crippen LogP contribution is 2.40. The van der Waals surface area contributed by atoms with E-state index in [0.717, 1.165) is 35.5 Å². The number of nitrogens with one attached hydrogen (secondary N) is 2. The van der Waals surface area contributed by atoms with E-state index in [1.807, 2.05) is 48.5 Å². The summed E-state index contributed by atoms with van der Waals surface area (Å²) in [6, 6.07) is 15.3. The molecule has 1 saturated carbocycles. The lowest BCUT2D eigenvalue weighted by Crippen LogP contribution is -2.53. The molecule has 6 heteroatoms. The van der Waals surface area contributed by atoms with Crippen molar-refractivity contribution in [3.8, 4) is 0 Å². The van der Waals surface area contributed by atoms with Gasteiger partial charge in [0.2, 0.25) is 0 Å². The molecule has 1 aliphatic heterocycles. The van der Waals surface area contributed by atoms with Gasteiger partial charge >= 0.3 is 0 Å². The zero-order valence-electron chi connectivity index (χ0n) is 14.2. The monoisotopic (exact) mass is 384 g/mol. The zero-order chi connectivity index (χ0) is 17.9. The van der Waals surface area contributed by atoms with E-state index in [4.69, 9.17) is 0 Å². The molecular weight excluding hydrogens is 364 g/mol. The minimum Gasteiger partial charge on any atom is -0.347 e. The van der Waals surface area contributed by atoms with Crippen LogP contribution in [0.4, 0.5) is 0 Å². The normalized spacial score (nSPS) is 23.2. The van der Waals surface area contributed by atoms with Gasteiger partial charge in [0.25, 0.3) is 11.8 Å². The summed E-state index contributed by atoms with van der Waals surface area (Å²) in [6.45, 7) is 0. The van der Waals surface area contributed by atoms with Crippen LogP contribution in [0.1, 0.15) is 46.4 Å². The quantitative estimate of drug-likeness (QED) is 0.666. The van der Waals surface area contributed by atoms with Gasteiger partial charge in [-0.1, -0.05) is 58.7 Å². The number of fused-ring (bicyclic) bond motifs is 3. The molecule has 0 saturated heterocycles. The molecule has 1 fully saturated rings. The minimum absolute atomic E-state index is 0.0301. The third-order valence-electron chi connectivity index (χ3n) is 4.88. The number of amides is 2. The van der Waals surface area contributed by atoms with E-state index in [-0.39, 0.29) is 23.9 Å². The van der Waals surface area contributed by atoms with Crippen molar-refractivity contribution in [2.24, 2.45) is 0 Å². The molecular formula is C20H20N2O2S2. The highest BCUT2D eigenvalue weighted by molar-refractivity contribution is 8.76. The van der Waals surface area contributed by atoms with Crippen molar-refractivity contribution >= 4 is 33.4 Å². The van der Waals surface area contributed by atoms with Gasteiger partial charge in [0, 0.05) is 21.9 Å². The van der Waals surface area contributed by atoms with Gasteiger partial charge in [0.1, 0.15) is 0 Å². The summed E-state index contributed by atoms with van der Waals surface area (Å²) in [4.78, 5) is 27.5. The van der Waals surface area contributed by atoms with Crippen LogP contribution in [-0.4, -0.2) is 23.9 Å². The van der Waals surface area contributed by atoms with E-state index in [1.165, 1.54) is 21.6 Å².